The second kappa shape index (κ2) is 4.59. The summed E-state index contributed by atoms with van der Waals surface area (Å²) in [6.45, 7) is 3.33. The van der Waals surface area contributed by atoms with E-state index in [0.717, 1.165) is 24.3 Å². The highest BCUT2D eigenvalue weighted by atomic mass is 16.4. The first-order valence-electron chi connectivity index (χ1n) is 7.16. The summed E-state index contributed by atoms with van der Waals surface area (Å²) in [6.07, 6.45) is 4.02. The summed E-state index contributed by atoms with van der Waals surface area (Å²) >= 11 is 0. The van der Waals surface area contributed by atoms with Gasteiger partial charge in [0, 0.05) is 30.7 Å². The number of fused-ring (bicyclic) bond motifs is 3. The third-order valence-corrected chi connectivity index (χ3v) is 4.32. The van der Waals surface area contributed by atoms with Gasteiger partial charge in [-0.3, -0.25) is 4.79 Å². The number of carbonyl (C=O) groups excluding carboxylic acids is 1. The Balaban J connectivity index is 1.49. The lowest BCUT2D eigenvalue weighted by molar-refractivity contribution is 0.0883. The number of piperidine rings is 1. The third-order valence-electron chi connectivity index (χ3n) is 4.32. The number of amides is 1. The summed E-state index contributed by atoms with van der Waals surface area (Å²) in [5, 5.41) is 3.96. The van der Waals surface area contributed by atoms with Crippen LogP contribution in [0.1, 0.15) is 23.4 Å². The van der Waals surface area contributed by atoms with Crippen molar-refractivity contribution in [2.45, 2.75) is 18.9 Å². The molecule has 5 nitrogen and oxygen atoms in total. The van der Waals surface area contributed by atoms with Crippen molar-refractivity contribution in [2.75, 3.05) is 19.6 Å². The molecule has 0 aliphatic carbocycles. The van der Waals surface area contributed by atoms with Gasteiger partial charge in [-0.15, -0.1) is 0 Å². The van der Waals surface area contributed by atoms with Gasteiger partial charge in [-0.05, 0) is 43.5 Å². The molecule has 0 aromatic carbocycles. The summed E-state index contributed by atoms with van der Waals surface area (Å²) in [4.78, 5) is 18.8. The van der Waals surface area contributed by atoms with Crippen molar-refractivity contribution in [1.29, 1.82) is 0 Å². The topological polar surface area (TPSA) is 58.4 Å². The molecule has 2 fully saturated rings. The van der Waals surface area contributed by atoms with Crippen LogP contribution in [0.25, 0.3) is 11.1 Å². The maximum atomic E-state index is 12.3. The van der Waals surface area contributed by atoms with Crippen molar-refractivity contribution >= 4 is 17.0 Å². The van der Waals surface area contributed by atoms with Crippen LogP contribution >= 0.6 is 0 Å². The molecule has 3 atom stereocenters. The van der Waals surface area contributed by atoms with Gasteiger partial charge in [0.15, 0.2) is 5.76 Å². The van der Waals surface area contributed by atoms with E-state index in [-0.39, 0.29) is 11.9 Å². The van der Waals surface area contributed by atoms with Crippen molar-refractivity contribution in [3.63, 3.8) is 0 Å². The summed E-state index contributed by atoms with van der Waals surface area (Å²) in [6, 6.07) is 5.74. The smallest absolute Gasteiger partial charge is 0.287 e. The molecule has 1 amide bonds. The molecule has 5 heteroatoms. The molecule has 104 valence electrons. The van der Waals surface area contributed by atoms with Gasteiger partial charge < -0.3 is 14.6 Å². The first-order chi connectivity index (χ1) is 9.78. The number of hydrogen-bond acceptors (Lipinski definition) is 4. The molecular weight excluding hydrogens is 254 g/mol. The summed E-state index contributed by atoms with van der Waals surface area (Å²) in [7, 11) is 0. The Kier molecular flexibility index (Phi) is 2.73. The number of nitrogens with one attached hydrogen (secondary N) is 1. The Morgan fingerprint density at radius 3 is 3.25 bits per heavy atom. The van der Waals surface area contributed by atoms with Gasteiger partial charge in [0.2, 0.25) is 5.71 Å². The molecule has 2 bridgehead atoms. The summed E-state index contributed by atoms with van der Waals surface area (Å²) in [5.41, 5.74) is 0.519. The maximum absolute atomic E-state index is 12.3. The van der Waals surface area contributed by atoms with E-state index in [0.29, 0.717) is 11.5 Å². The Hall–Kier alpha value is -1.88. The molecule has 2 aliphatic heterocycles. The minimum atomic E-state index is -0.129. The normalized spacial score (nSPS) is 28.7. The zero-order chi connectivity index (χ0) is 13.5. The van der Waals surface area contributed by atoms with Crippen molar-refractivity contribution in [3.8, 4) is 0 Å². The molecule has 4 heterocycles. The molecule has 20 heavy (non-hydrogen) atoms. The number of aromatic nitrogens is 1. The quantitative estimate of drug-likeness (QED) is 0.902. The van der Waals surface area contributed by atoms with E-state index in [1.54, 1.807) is 12.3 Å². The van der Waals surface area contributed by atoms with Crippen LogP contribution < -0.4 is 5.32 Å². The zero-order valence-corrected chi connectivity index (χ0v) is 11.2. The van der Waals surface area contributed by atoms with Crippen molar-refractivity contribution in [3.05, 3.63) is 30.2 Å². The first-order valence-corrected chi connectivity index (χ1v) is 7.16. The van der Waals surface area contributed by atoms with Crippen LogP contribution in [0.5, 0.6) is 0 Å². The van der Waals surface area contributed by atoms with Crippen LogP contribution in [0.15, 0.2) is 28.8 Å². The SMILES string of the molecule is O=C(N[C@@H]1C[C@H]2CCN(C2)C1)c1cc2cccnc2o1. The fourth-order valence-electron chi connectivity index (χ4n) is 3.41. The molecule has 4 rings (SSSR count). The predicted octanol–water partition coefficient (Wildman–Crippen LogP) is 1.65. The van der Waals surface area contributed by atoms with Crippen LogP contribution in [-0.2, 0) is 0 Å². The van der Waals surface area contributed by atoms with Crippen molar-refractivity contribution in [1.82, 2.24) is 15.2 Å². The third kappa shape index (κ3) is 2.08. The molecular formula is C15H17N3O2. The summed E-state index contributed by atoms with van der Waals surface area (Å²) < 4.78 is 5.50. The lowest BCUT2D eigenvalue weighted by Gasteiger charge is -2.30. The second-order valence-electron chi connectivity index (χ2n) is 5.83. The lowest BCUT2D eigenvalue weighted by Crippen LogP contribution is -2.46. The standard InChI is InChI=1S/C15H17N3O2/c19-14(13-7-11-2-1-4-16-15(11)20-13)17-12-6-10-3-5-18(8-10)9-12/h1-2,4,7,10,12H,3,5-6,8-9H2,(H,17,19)/t10-,12-/m1/s1. The number of furan rings is 1. The van der Waals surface area contributed by atoms with E-state index in [9.17, 15) is 4.79 Å². The Bertz CT molecular complexity index is 606. The maximum Gasteiger partial charge on any atom is 0.287 e. The molecule has 2 aliphatic rings. The number of hydrogen-bond donors (Lipinski definition) is 1. The van der Waals surface area contributed by atoms with Gasteiger partial charge in [-0.25, -0.2) is 4.98 Å². The second-order valence-corrected chi connectivity index (χ2v) is 5.83. The minimum absolute atomic E-state index is 0.129. The minimum Gasteiger partial charge on any atom is -0.433 e. The number of pyridine rings is 1. The highest BCUT2D eigenvalue weighted by Gasteiger charge is 2.33. The molecule has 2 aromatic rings. The van der Waals surface area contributed by atoms with Gasteiger partial charge in [0.25, 0.3) is 5.91 Å². The van der Waals surface area contributed by atoms with Gasteiger partial charge in [-0.1, -0.05) is 0 Å². The van der Waals surface area contributed by atoms with E-state index in [4.69, 9.17) is 4.42 Å². The lowest BCUT2D eigenvalue weighted by atomic mass is 9.97. The van der Waals surface area contributed by atoms with Crippen LogP contribution in [0.2, 0.25) is 0 Å². The largest absolute Gasteiger partial charge is 0.433 e. The molecule has 1 unspecified atom stereocenters. The Morgan fingerprint density at radius 2 is 2.40 bits per heavy atom. The van der Waals surface area contributed by atoms with E-state index < -0.39 is 0 Å². The molecule has 1 N–H and O–H groups in total. The van der Waals surface area contributed by atoms with Gasteiger partial charge in [-0.2, -0.15) is 0 Å². The highest BCUT2D eigenvalue weighted by Crippen LogP contribution is 2.27. The van der Waals surface area contributed by atoms with E-state index >= 15 is 0 Å². The number of rotatable bonds is 2. The fraction of sp³-hybridized carbons (Fsp3) is 0.467. The molecule has 0 radical (unpaired) electrons. The summed E-state index contributed by atoms with van der Waals surface area (Å²) in [5.74, 6) is 0.966. The van der Waals surface area contributed by atoms with Gasteiger partial charge >= 0.3 is 0 Å². The van der Waals surface area contributed by atoms with Crippen LogP contribution in [0.4, 0.5) is 0 Å². The zero-order valence-electron chi connectivity index (χ0n) is 11.2. The van der Waals surface area contributed by atoms with E-state index in [1.165, 1.54) is 19.5 Å². The number of nitrogens with zero attached hydrogens (tertiary/aromatic N) is 2. The first kappa shape index (κ1) is 11.9. The Labute approximate surface area is 117 Å². The van der Waals surface area contributed by atoms with Crippen molar-refractivity contribution in [2.24, 2.45) is 5.92 Å². The van der Waals surface area contributed by atoms with Gasteiger partial charge in [0.1, 0.15) is 0 Å². The van der Waals surface area contributed by atoms with Crippen LogP contribution in [-0.4, -0.2) is 41.5 Å². The van der Waals surface area contributed by atoms with E-state index in [1.807, 2.05) is 12.1 Å². The monoisotopic (exact) mass is 271 g/mol. The average molecular weight is 271 g/mol. The predicted molar refractivity (Wildman–Crippen MR) is 74.4 cm³/mol. The van der Waals surface area contributed by atoms with Crippen molar-refractivity contribution < 1.29 is 9.21 Å². The molecule has 0 saturated carbocycles. The van der Waals surface area contributed by atoms with Crippen LogP contribution in [0.3, 0.4) is 0 Å². The fourth-order valence-corrected chi connectivity index (χ4v) is 3.41. The van der Waals surface area contributed by atoms with E-state index in [2.05, 4.69) is 15.2 Å². The molecule has 2 aromatic heterocycles. The number of carbonyl (C=O) groups is 1. The Morgan fingerprint density at radius 1 is 1.45 bits per heavy atom. The van der Waals surface area contributed by atoms with Gasteiger partial charge in [0.05, 0.1) is 0 Å². The molecule has 0 spiro atoms. The average Bonchev–Trinajstić information content (AvgIpc) is 3.02. The van der Waals surface area contributed by atoms with Crippen LogP contribution in [0, 0.1) is 5.92 Å². The highest BCUT2D eigenvalue weighted by molar-refractivity contribution is 5.95. The molecule has 2 saturated heterocycles.